The molecule has 1 N–H and O–H groups in total. The van der Waals surface area contributed by atoms with Gasteiger partial charge in [-0.2, -0.15) is 0 Å². The van der Waals surface area contributed by atoms with Crippen LogP contribution in [-0.4, -0.2) is 60.4 Å². The van der Waals surface area contributed by atoms with E-state index in [-0.39, 0.29) is 23.5 Å². The highest BCUT2D eigenvalue weighted by Crippen LogP contribution is 2.22. The number of nitrogens with one attached hydrogen (secondary N) is 1. The molecule has 0 aromatic heterocycles. The molecule has 1 saturated heterocycles. The summed E-state index contributed by atoms with van der Waals surface area (Å²) in [6.45, 7) is 3.92. The van der Waals surface area contributed by atoms with Crippen LogP contribution in [0, 0.1) is 15.9 Å². The van der Waals surface area contributed by atoms with Gasteiger partial charge >= 0.3 is 0 Å². The Bertz CT molecular complexity index is 818. The van der Waals surface area contributed by atoms with E-state index in [4.69, 9.17) is 0 Å². The first kappa shape index (κ1) is 19.9. The summed E-state index contributed by atoms with van der Waals surface area (Å²) in [6, 6.07) is 11.8. The molecule has 0 saturated carbocycles. The quantitative estimate of drug-likeness (QED) is 0.609. The molecule has 0 radical (unpaired) electrons. The number of hydrogen-bond acceptors (Lipinski definition) is 5. The normalized spacial score (nSPS) is 16.5. The number of halogens is 1. The Morgan fingerprint density at radius 1 is 1.11 bits per heavy atom. The van der Waals surface area contributed by atoms with E-state index in [0.29, 0.717) is 12.1 Å². The second-order valence-electron chi connectivity index (χ2n) is 6.92. The van der Waals surface area contributed by atoms with Gasteiger partial charge in [0.25, 0.3) is 11.6 Å². The molecule has 0 aliphatic carbocycles. The van der Waals surface area contributed by atoms with Crippen LogP contribution < -0.4 is 5.32 Å². The van der Waals surface area contributed by atoms with Crippen LogP contribution in [0.25, 0.3) is 0 Å². The Balaban J connectivity index is 1.70. The van der Waals surface area contributed by atoms with Gasteiger partial charge in [-0.1, -0.05) is 12.1 Å². The number of nitro groups is 1. The molecule has 0 bridgehead atoms. The lowest BCUT2D eigenvalue weighted by atomic mass is 10.0. The fourth-order valence-corrected chi connectivity index (χ4v) is 3.30. The van der Waals surface area contributed by atoms with Gasteiger partial charge in [0.15, 0.2) is 0 Å². The molecule has 1 aliphatic heterocycles. The van der Waals surface area contributed by atoms with Crippen LogP contribution in [0.15, 0.2) is 48.5 Å². The van der Waals surface area contributed by atoms with Crippen molar-refractivity contribution in [3.8, 4) is 0 Å². The van der Waals surface area contributed by atoms with Gasteiger partial charge in [-0.3, -0.25) is 19.8 Å². The van der Waals surface area contributed by atoms with Crippen molar-refractivity contribution >= 4 is 11.6 Å². The molecular weight excluding hydrogens is 363 g/mol. The smallest absolute Gasteiger partial charge is 0.269 e. The zero-order valence-electron chi connectivity index (χ0n) is 15.7. The molecule has 1 fully saturated rings. The topological polar surface area (TPSA) is 78.7 Å². The number of carbonyl (C=O) groups is 1. The van der Waals surface area contributed by atoms with Gasteiger partial charge in [0.2, 0.25) is 0 Å². The molecule has 1 heterocycles. The summed E-state index contributed by atoms with van der Waals surface area (Å²) in [5.74, 6) is -0.591. The van der Waals surface area contributed by atoms with Crippen LogP contribution in [0.3, 0.4) is 0 Å². The summed E-state index contributed by atoms with van der Waals surface area (Å²) in [5, 5.41) is 13.7. The molecular formula is C20H23FN4O3. The van der Waals surface area contributed by atoms with Crippen LogP contribution in [0.5, 0.6) is 0 Å². The van der Waals surface area contributed by atoms with Crippen molar-refractivity contribution < 1.29 is 14.1 Å². The van der Waals surface area contributed by atoms with Gasteiger partial charge < -0.3 is 10.2 Å². The Kier molecular flexibility index (Phi) is 6.33. The monoisotopic (exact) mass is 386 g/mol. The molecule has 0 spiro atoms. The molecule has 8 heteroatoms. The number of nitro benzene ring substituents is 1. The van der Waals surface area contributed by atoms with Gasteiger partial charge in [0.05, 0.1) is 11.0 Å². The van der Waals surface area contributed by atoms with E-state index in [1.54, 1.807) is 12.1 Å². The molecule has 2 aromatic rings. The average molecular weight is 386 g/mol. The van der Waals surface area contributed by atoms with E-state index < -0.39 is 4.92 Å². The van der Waals surface area contributed by atoms with Crippen molar-refractivity contribution in [2.75, 3.05) is 39.8 Å². The molecule has 2 aromatic carbocycles. The van der Waals surface area contributed by atoms with Crippen LogP contribution >= 0.6 is 0 Å². The lowest BCUT2D eigenvalue weighted by Crippen LogP contribution is -2.48. The molecule has 1 atom stereocenters. The van der Waals surface area contributed by atoms with E-state index in [2.05, 4.69) is 22.2 Å². The second-order valence-corrected chi connectivity index (χ2v) is 6.92. The van der Waals surface area contributed by atoms with Crippen LogP contribution in [0.4, 0.5) is 10.1 Å². The highest BCUT2D eigenvalue weighted by atomic mass is 19.1. The van der Waals surface area contributed by atoms with Crippen molar-refractivity contribution in [1.82, 2.24) is 15.1 Å². The van der Waals surface area contributed by atoms with Crippen molar-refractivity contribution in [3.05, 3.63) is 75.6 Å². The van der Waals surface area contributed by atoms with E-state index in [1.807, 2.05) is 0 Å². The first-order valence-electron chi connectivity index (χ1n) is 9.15. The molecule has 7 nitrogen and oxygen atoms in total. The van der Waals surface area contributed by atoms with Crippen LogP contribution in [-0.2, 0) is 0 Å². The highest BCUT2D eigenvalue weighted by molar-refractivity contribution is 5.94. The standard InChI is InChI=1S/C20H23FN4O3/c1-23-10-12-24(13-11-23)19(15-2-6-17(21)7-3-15)14-22-20(26)16-4-8-18(9-5-16)25(27)28/h2-9,19H,10-14H2,1H3,(H,22,26). The van der Waals surface area contributed by atoms with Gasteiger partial charge in [-0.15, -0.1) is 0 Å². The average Bonchev–Trinajstić information content (AvgIpc) is 2.70. The Labute approximate surface area is 162 Å². The summed E-state index contributed by atoms with van der Waals surface area (Å²) in [6.07, 6.45) is 0. The molecule has 1 aliphatic rings. The Morgan fingerprint density at radius 3 is 2.29 bits per heavy atom. The fraction of sp³-hybridized carbons (Fsp3) is 0.350. The maximum Gasteiger partial charge on any atom is 0.269 e. The van der Waals surface area contributed by atoms with E-state index in [1.165, 1.54) is 36.4 Å². The zero-order valence-corrected chi connectivity index (χ0v) is 15.7. The van der Waals surface area contributed by atoms with E-state index in [9.17, 15) is 19.3 Å². The number of benzene rings is 2. The number of rotatable bonds is 6. The maximum atomic E-state index is 13.3. The summed E-state index contributed by atoms with van der Waals surface area (Å²) in [4.78, 5) is 27.3. The molecule has 1 unspecified atom stereocenters. The fourth-order valence-electron chi connectivity index (χ4n) is 3.30. The predicted molar refractivity (Wildman–Crippen MR) is 104 cm³/mol. The number of likely N-dealkylation sites (N-methyl/N-ethyl adjacent to an activating group) is 1. The lowest BCUT2D eigenvalue weighted by Gasteiger charge is -2.38. The third-order valence-corrected chi connectivity index (χ3v) is 5.03. The minimum absolute atomic E-state index is 0.0572. The second kappa shape index (κ2) is 8.90. The highest BCUT2D eigenvalue weighted by Gasteiger charge is 2.24. The Hall–Kier alpha value is -2.84. The van der Waals surface area contributed by atoms with Crippen LogP contribution in [0.2, 0.25) is 0 Å². The third-order valence-electron chi connectivity index (χ3n) is 5.03. The molecule has 28 heavy (non-hydrogen) atoms. The van der Waals surface area contributed by atoms with E-state index >= 15 is 0 Å². The molecule has 1 amide bonds. The number of amides is 1. The summed E-state index contributed by atoms with van der Waals surface area (Å²) in [5.41, 5.74) is 1.25. The van der Waals surface area contributed by atoms with Crippen molar-refractivity contribution in [3.63, 3.8) is 0 Å². The SMILES string of the molecule is CN1CCN(C(CNC(=O)c2ccc([N+](=O)[O-])cc2)c2ccc(F)cc2)CC1. The number of hydrogen-bond donors (Lipinski definition) is 1. The number of carbonyl (C=O) groups excluding carboxylic acids is 1. The number of nitrogens with zero attached hydrogens (tertiary/aromatic N) is 3. The molecule has 3 rings (SSSR count). The maximum absolute atomic E-state index is 13.3. The van der Waals surface area contributed by atoms with Crippen molar-refractivity contribution in [2.45, 2.75) is 6.04 Å². The minimum atomic E-state index is -0.500. The number of non-ortho nitro benzene ring substituents is 1. The Morgan fingerprint density at radius 2 is 1.71 bits per heavy atom. The predicted octanol–water partition coefficient (Wildman–Crippen LogP) is 2.45. The summed E-state index contributed by atoms with van der Waals surface area (Å²) < 4.78 is 13.3. The zero-order chi connectivity index (χ0) is 20.1. The van der Waals surface area contributed by atoms with E-state index in [0.717, 1.165) is 31.7 Å². The third kappa shape index (κ3) is 4.90. The minimum Gasteiger partial charge on any atom is -0.350 e. The number of piperazine rings is 1. The largest absolute Gasteiger partial charge is 0.350 e. The van der Waals surface area contributed by atoms with Crippen molar-refractivity contribution in [2.24, 2.45) is 0 Å². The first-order chi connectivity index (χ1) is 13.4. The lowest BCUT2D eigenvalue weighted by molar-refractivity contribution is -0.384. The summed E-state index contributed by atoms with van der Waals surface area (Å²) in [7, 11) is 2.07. The van der Waals surface area contributed by atoms with Crippen molar-refractivity contribution in [1.29, 1.82) is 0 Å². The van der Waals surface area contributed by atoms with Crippen LogP contribution in [0.1, 0.15) is 22.0 Å². The van der Waals surface area contributed by atoms with Gasteiger partial charge in [0.1, 0.15) is 5.82 Å². The molecule has 148 valence electrons. The van der Waals surface area contributed by atoms with Gasteiger partial charge in [-0.25, -0.2) is 4.39 Å². The van der Waals surface area contributed by atoms with Gasteiger partial charge in [0, 0.05) is 50.4 Å². The first-order valence-corrected chi connectivity index (χ1v) is 9.15. The summed E-state index contributed by atoms with van der Waals surface area (Å²) >= 11 is 0. The van der Waals surface area contributed by atoms with Gasteiger partial charge in [-0.05, 0) is 36.9 Å².